The van der Waals surface area contributed by atoms with Gasteiger partial charge in [0.15, 0.2) is 17.3 Å². The summed E-state index contributed by atoms with van der Waals surface area (Å²) in [7, 11) is 0. The summed E-state index contributed by atoms with van der Waals surface area (Å²) in [4.78, 5) is 12.2. The van der Waals surface area contributed by atoms with Gasteiger partial charge in [-0.2, -0.15) is 0 Å². The molecule has 3 rings (SSSR count). The van der Waals surface area contributed by atoms with Gasteiger partial charge in [0.25, 0.3) is 0 Å². The van der Waals surface area contributed by atoms with Gasteiger partial charge in [-0.1, -0.05) is 53.5 Å². The van der Waals surface area contributed by atoms with Crippen LogP contribution in [0, 0.1) is 5.82 Å². The fourth-order valence-corrected chi connectivity index (χ4v) is 2.75. The number of hydrogen-bond donors (Lipinski definition) is 1. The van der Waals surface area contributed by atoms with E-state index in [2.05, 4.69) is 5.32 Å². The lowest BCUT2D eigenvalue weighted by Gasteiger charge is -2.11. The number of hydrogen-bond acceptors (Lipinski definition) is 2. The minimum Gasteiger partial charge on any atom is -0.452 e. The van der Waals surface area contributed by atoms with Crippen LogP contribution in [0.4, 0.5) is 10.1 Å². The van der Waals surface area contributed by atoms with Crippen molar-refractivity contribution in [1.82, 2.24) is 0 Å². The molecule has 0 atom stereocenters. The normalized spacial score (nSPS) is 10.8. The van der Waals surface area contributed by atoms with Crippen molar-refractivity contribution in [3.05, 3.63) is 94.2 Å². The Bertz CT molecular complexity index is 1000. The molecule has 0 heterocycles. The molecule has 1 amide bonds. The quantitative estimate of drug-likeness (QED) is 0.490. The Labute approximate surface area is 166 Å². The molecule has 0 saturated heterocycles. The van der Waals surface area contributed by atoms with Crippen molar-refractivity contribution in [2.75, 3.05) is 5.32 Å². The van der Waals surface area contributed by atoms with Crippen LogP contribution in [0.1, 0.15) is 5.56 Å². The molecular weight excluding hydrogens is 388 g/mol. The Morgan fingerprint density at radius 3 is 2.41 bits per heavy atom. The molecule has 6 heteroatoms. The van der Waals surface area contributed by atoms with Crippen LogP contribution in [0.15, 0.2) is 72.8 Å². The predicted octanol–water partition coefficient (Wildman–Crippen LogP) is 6.58. The monoisotopic (exact) mass is 401 g/mol. The molecule has 27 heavy (non-hydrogen) atoms. The predicted molar refractivity (Wildman–Crippen MR) is 107 cm³/mol. The summed E-state index contributed by atoms with van der Waals surface area (Å²) in [5.41, 5.74) is 1.07. The summed E-state index contributed by atoms with van der Waals surface area (Å²) < 4.78 is 19.4. The molecule has 0 bridgehead atoms. The number of anilines is 1. The zero-order valence-corrected chi connectivity index (χ0v) is 15.5. The molecule has 0 aliphatic rings. The number of nitrogens with one attached hydrogen (secondary N) is 1. The van der Waals surface area contributed by atoms with Crippen LogP contribution < -0.4 is 10.1 Å². The third-order valence-corrected chi connectivity index (χ3v) is 4.14. The maximum Gasteiger partial charge on any atom is 0.248 e. The van der Waals surface area contributed by atoms with Gasteiger partial charge in [0.05, 0.1) is 5.69 Å². The van der Waals surface area contributed by atoms with E-state index in [1.54, 1.807) is 60.7 Å². The first-order chi connectivity index (χ1) is 13.0. The van der Waals surface area contributed by atoms with Crippen molar-refractivity contribution in [3.63, 3.8) is 0 Å². The SMILES string of the molecule is O=C(C=Cc1ccc(Cl)cc1Cl)Nc1ccccc1Oc1ccccc1F. The second kappa shape index (κ2) is 8.71. The van der Waals surface area contributed by atoms with Crippen LogP contribution in [0.2, 0.25) is 10.0 Å². The first kappa shape index (κ1) is 19.0. The summed E-state index contributed by atoms with van der Waals surface area (Å²) in [6, 6.07) is 17.8. The van der Waals surface area contributed by atoms with Crippen LogP contribution in [0.5, 0.6) is 11.5 Å². The van der Waals surface area contributed by atoms with Gasteiger partial charge in [-0.25, -0.2) is 4.39 Å². The van der Waals surface area contributed by atoms with Gasteiger partial charge in [-0.05, 0) is 48.0 Å². The Morgan fingerprint density at radius 2 is 1.67 bits per heavy atom. The standard InChI is InChI=1S/C21H14Cl2FNO2/c22-15-11-9-14(16(23)13-15)10-12-21(26)25-18-6-2-4-8-20(18)27-19-7-3-1-5-17(19)24/h1-13H,(H,25,26). The molecule has 3 aromatic rings. The third-order valence-electron chi connectivity index (χ3n) is 3.58. The fourth-order valence-electron chi connectivity index (χ4n) is 2.28. The Hall–Kier alpha value is -2.82. The molecule has 136 valence electrons. The number of benzene rings is 3. The molecular formula is C21H14Cl2FNO2. The molecule has 0 aliphatic heterocycles. The minimum atomic E-state index is -0.490. The summed E-state index contributed by atoms with van der Waals surface area (Å²) >= 11 is 11.9. The number of carbonyl (C=O) groups is 1. The topological polar surface area (TPSA) is 38.3 Å². The maximum atomic E-state index is 13.8. The third kappa shape index (κ3) is 5.09. The smallest absolute Gasteiger partial charge is 0.248 e. The van der Waals surface area contributed by atoms with Crippen molar-refractivity contribution in [2.24, 2.45) is 0 Å². The van der Waals surface area contributed by atoms with E-state index in [0.29, 0.717) is 27.0 Å². The van der Waals surface area contributed by atoms with Gasteiger partial charge >= 0.3 is 0 Å². The summed E-state index contributed by atoms with van der Waals surface area (Å²) in [6.07, 6.45) is 2.92. The summed E-state index contributed by atoms with van der Waals surface area (Å²) in [6.45, 7) is 0. The minimum absolute atomic E-state index is 0.0719. The molecule has 0 unspecified atom stereocenters. The first-order valence-electron chi connectivity index (χ1n) is 7.98. The van der Waals surface area contributed by atoms with Crippen molar-refractivity contribution < 1.29 is 13.9 Å². The lowest BCUT2D eigenvalue weighted by atomic mass is 10.2. The van der Waals surface area contributed by atoms with Gasteiger partial charge in [-0.15, -0.1) is 0 Å². The Balaban J connectivity index is 1.75. The van der Waals surface area contributed by atoms with Gasteiger partial charge in [0.1, 0.15) is 0 Å². The van der Waals surface area contributed by atoms with E-state index in [1.165, 1.54) is 18.2 Å². The van der Waals surface area contributed by atoms with Gasteiger partial charge in [0.2, 0.25) is 5.91 Å². The van der Waals surface area contributed by atoms with Gasteiger partial charge in [-0.3, -0.25) is 4.79 Å². The molecule has 0 spiro atoms. The zero-order chi connectivity index (χ0) is 19.2. The molecule has 1 N–H and O–H groups in total. The number of amides is 1. The average Bonchev–Trinajstić information content (AvgIpc) is 2.64. The maximum absolute atomic E-state index is 13.8. The molecule has 0 fully saturated rings. The van der Waals surface area contributed by atoms with Crippen molar-refractivity contribution in [3.8, 4) is 11.5 Å². The van der Waals surface area contributed by atoms with E-state index < -0.39 is 5.82 Å². The number of halogens is 3. The second-order valence-corrected chi connectivity index (χ2v) is 6.36. The van der Waals surface area contributed by atoms with E-state index in [-0.39, 0.29) is 11.7 Å². The van der Waals surface area contributed by atoms with E-state index in [9.17, 15) is 9.18 Å². The molecule has 3 aromatic carbocycles. The molecule has 0 radical (unpaired) electrons. The van der Waals surface area contributed by atoms with Crippen LogP contribution in [-0.2, 0) is 4.79 Å². The van der Waals surface area contributed by atoms with Crippen LogP contribution in [-0.4, -0.2) is 5.91 Å². The van der Waals surface area contributed by atoms with Crippen LogP contribution in [0.25, 0.3) is 6.08 Å². The average molecular weight is 402 g/mol. The summed E-state index contributed by atoms with van der Waals surface area (Å²) in [5.74, 6) is -0.474. The van der Waals surface area contributed by atoms with E-state index in [4.69, 9.17) is 27.9 Å². The first-order valence-corrected chi connectivity index (χ1v) is 8.74. The zero-order valence-electron chi connectivity index (χ0n) is 14.0. The Kier molecular flexibility index (Phi) is 6.12. The van der Waals surface area contributed by atoms with Crippen LogP contribution in [0.3, 0.4) is 0 Å². The van der Waals surface area contributed by atoms with Gasteiger partial charge in [0, 0.05) is 16.1 Å². The van der Waals surface area contributed by atoms with Gasteiger partial charge < -0.3 is 10.1 Å². The highest BCUT2D eigenvalue weighted by molar-refractivity contribution is 6.35. The number of rotatable bonds is 5. The number of para-hydroxylation sites is 3. The fraction of sp³-hybridized carbons (Fsp3) is 0. The second-order valence-electron chi connectivity index (χ2n) is 5.52. The van der Waals surface area contributed by atoms with Crippen molar-refractivity contribution >= 4 is 40.9 Å². The number of ether oxygens (including phenoxy) is 1. The summed E-state index contributed by atoms with van der Waals surface area (Å²) in [5, 5.41) is 3.66. The number of carbonyl (C=O) groups excluding carboxylic acids is 1. The molecule has 3 nitrogen and oxygen atoms in total. The largest absolute Gasteiger partial charge is 0.452 e. The highest BCUT2D eigenvalue weighted by Gasteiger charge is 2.09. The van der Waals surface area contributed by atoms with Crippen molar-refractivity contribution in [1.29, 1.82) is 0 Å². The lowest BCUT2D eigenvalue weighted by molar-refractivity contribution is -0.111. The lowest BCUT2D eigenvalue weighted by Crippen LogP contribution is -2.08. The van der Waals surface area contributed by atoms with E-state index in [1.807, 2.05) is 0 Å². The molecule has 0 saturated carbocycles. The highest BCUT2D eigenvalue weighted by Crippen LogP contribution is 2.30. The van der Waals surface area contributed by atoms with Crippen molar-refractivity contribution in [2.45, 2.75) is 0 Å². The molecule has 0 aromatic heterocycles. The Morgan fingerprint density at radius 1 is 0.963 bits per heavy atom. The van der Waals surface area contributed by atoms with Crippen LogP contribution >= 0.6 is 23.2 Å². The van der Waals surface area contributed by atoms with E-state index >= 15 is 0 Å². The van der Waals surface area contributed by atoms with E-state index in [0.717, 1.165) is 0 Å². The molecule has 0 aliphatic carbocycles. The highest BCUT2D eigenvalue weighted by atomic mass is 35.5.